The first kappa shape index (κ1) is 16.0. The lowest BCUT2D eigenvalue weighted by Gasteiger charge is -2.25. The Kier molecular flexibility index (Phi) is 6.24. The quantitative estimate of drug-likeness (QED) is 0.872. The van der Waals surface area contributed by atoms with Gasteiger partial charge in [-0.2, -0.15) is 0 Å². The van der Waals surface area contributed by atoms with Gasteiger partial charge in [-0.05, 0) is 57.7 Å². The Labute approximate surface area is 128 Å². The molecule has 0 saturated carbocycles. The summed E-state index contributed by atoms with van der Waals surface area (Å²) in [7, 11) is 0. The van der Waals surface area contributed by atoms with Gasteiger partial charge in [-0.15, -0.1) is 0 Å². The summed E-state index contributed by atoms with van der Waals surface area (Å²) < 4.78 is 0. The van der Waals surface area contributed by atoms with Gasteiger partial charge in [0.05, 0.1) is 0 Å². The number of carbonyl (C=O) groups excluding carboxylic acids is 1. The molecule has 3 nitrogen and oxygen atoms in total. The predicted molar refractivity (Wildman–Crippen MR) is 87.1 cm³/mol. The van der Waals surface area contributed by atoms with Crippen molar-refractivity contribution < 1.29 is 4.79 Å². The summed E-state index contributed by atoms with van der Waals surface area (Å²) in [5, 5.41) is 3.42. The van der Waals surface area contributed by atoms with Gasteiger partial charge in [-0.25, -0.2) is 0 Å². The molecule has 1 aliphatic heterocycles. The van der Waals surface area contributed by atoms with Gasteiger partial charge in [-0.3, -0.25) is 4.79 Å². The van der Waals surface area contributed by atoms with E-state index in [2.05, 4.69) is 43.4 Å². The summed E-state index contributed by atoms with van der Waals surface area (Å²) >= 11 is 0. The van der Waals surface area contributed by atoms with Crippen LogP contribution in [-0.2, 0) is 11.3 Å². The Morgan fingerprint density at radius 3 is 2.95 bits per heavy atom. The van der Waals surface area contributed by atoms with Gasteiger partial charge in [-0.1, -0.05) is 29.8 Å². The Morgan fingerprint density at radius 2 is 2.29 bits per heavy atom. The zero-order chi connectivity index (χ0) is 15.1. The van der Waals surface area contributed by atoms with Crippen molar-refractivity contribution in [2.45, 2.75) is 46.1 Å². The van der Waals surface area contributed by atoms with E-state index in [1.165, 1.54) is 24.0 Å². The lowest BCUT2D eigenvalue weighted by Crippen LogP contribution is -2.33. The smallest absolute Gasteiger partial charge is 0.222 e. The average molecular weight is 288 g/mol. The van der Waals surface area contributed by atoms with E-state index in [9.17, 15) is 4.79 Å². The summed E-state index contributed by atoms with van der Waals surface area (Å²) in [6.45, 7) is 7.90. The maximum absolute atomic E-state index is 12.4. The molecule has 1 heterocycles. The molecule has 116 valence electrons. The van der Waals surface area contributed by atoms with Crippen molar-refractivity contribution in [3.63, 3.8) is 0 Å². The summed E-state index contributed by atoms with van der Waals surface area (Å²) in [5.41, 5.74) is 2.48. The number of hydrogen-bond acceptors (Lipinski definition) is 2. The van der Waals surface area contributed by atoms with E-state index in [0.717, 1.165) is 32.6 Å². The second-order valence-corrected chi connectivity index (χ2v) is 6.15. The lowest BCUT2D eigenvalue weighted by atomic mass is 9.94. The zero-order valence-electron chi connectivity index (χ0n) is 13.4. The summed E-state index contributed by atoms with van der Waals surface area (Å²) in [4.78, 5) is 14.4. The number of aryl methyl sites for hydroxylation is 1. The third-order valence-corrected chi connectivity index (χ3v) is 4.36. The highest BCUT2D eigenvalue weighted by atomic mass is 16.2. The van der Waals surface area contributed by atoms with E-state index >= 15 is 0 Å². The number of nitrogens with zero attached hydrogens (tertiary/aromatic N) is 1. The molecule has 1 amide bonds. The lowest BCUT2D eigenvalue weighted by molar-refractivity contribution is -0.132. The number of carbonyl (C=O) groups is 1. The Balaban J connectivity index is 1.83. The minimum absolute atomic E-state index is 0.296. The highest BCUT2D eigenvalue weighted by Crippen LogP contribution is 2.17. The van der Waals surface area contributed by atoms with Gasteiger partial charge in [0.2, 0.25) is 5.91 Å². The van der Waals surface area contributed by atoms with Crippen molar-refractivity contribution >= 4 is 5.91 Å². The molecule has 1 unspecified atom stereocenters. The molecule has 1 fully saturated rings. The van der Waals surface area contributed by atoms with Crippen LogP contribution in [0.3, 0.4) is 0 Å². The average Bonchev–Trinajstić information content (AvgIpc) is 2.51. The normalized spacial score (nSPS) is 18.5. The van der Waals surface area contributed by atoms with Crippen LogP contribution in [0.2, 0.25) is 0 Å². The molecule has 3 heteroatoms. The molecule has 0 radical (unpaired) electrons. The molecule has 0 aliphatic carbocycles. The number of benzene rings is 1. The van der Waals surface area contributed by atoms with Crippen molar-refractivity contribution in [1.29, 1.82) is 0 Å². The summed E-state index contributed by atoms with van der Waals surface area (Å²) in [6, 6.07) is 8.43. The van der Waals surface area contributed by atoms with Crippen LogP contribution in [0.15, 0.2) is 24.3 Å². The van der Waals surface area contributed by atoms with Crippen molar-refractivity contribution in [2.24, 2.45) is 5.92 Å². The molecule has 0 bridgehead atoms. The first-order valence-electron chi connectivity index (χ1n) is 8.23. The van der Waals surface area contributed by atoms with E-state index in [0.29, 0.717) is 18.2 Å². The fourth-order valence-electron chi connectivity index (χ4n) is 3.06. The minimum atomic E-state index is 0.296. The van der Waals surface area contributed by atoms with Gasteiger partial charge < -0.3 is 10.2 Å². The van der Waals surface area contributed by atoms with Crippen LogP contribution in [0.4, 0.5) is 0 Å². The highest BCUT2D eigenvalue weighted by Gasteiger charge is 2.17. The minimum Gasteiger partial charge on any atom is -0.339 e. The number of nitrogens with one attached hydrogen (secondary N) is 1. The largest absolute Gasteiger partial charge is 0.339 e. The zero-order valence-corrected chi connectivity index (χ0v) is 13.4. The Hall–Kier alpha value is -1.35. The molecular weight excluding hydrogens is 260 g/mol. The van der Waals surface area contributed by atoms with Crippen LogP contribution in [-0.4, -0.2) is 30.4 Å². The van der Waals surface area contributed by atoms with E-state index in [1.807, 2.05) is 4.90 Å². The van der Waals surface area contributed by atoms with Crippen LogP contribution in [0.1, 0.15) is 43.7 Å². The fourth-order valence-corrected chi connectivity index (χ4v) is 3.06. The second kappa shape index (κ2) is 8.18. The van der Waals surface area contributed by atoms with E-state index in [-0.39, 0.29) is 0 Å². The molecule has 1 saturated heterocycles. The van der Waals surface area contributed by atoms with Gasteiger partial charge in [0.25, 0.3) is 0 Å². The van der Waals surface area contributed by atoms with E-state index in [1.54, 1.807) is 0 Å². The number of hydrogen-bond donors (Lipinski definition) is 1. The van der Waals surface area contributed by atoms with Gasteiger partial charge in [0.15, 0.2) is 0 Å². The molecule has 2 rings (SSSR count). The Bertz CT molecular complexity index is 452. The van der Waals surface area contributed by atoms with Gasteiger partial charge in [0.1, 0.15) is 0 Å². The number of piperidine rings is 1. The van der Waals surface area contributed by atoms with E-state index < -0.39 is 0 Å². The molecule has 1 aromatic carbocycles. The number of amides is 1. The molecule has 1 atom stereocenters. The monoisotopic (exact) mass is 288 g/mol. The third kappa shape index (κ3) is 5.16. The number of rotatable bonds is 6. The maximum atomic E-state index is 12.4. The molecule has 1 aromatic rings. The van der Waals surface area contributed by atoms with Crippen molar-refractivity contribution in [2.75, 3.05) is 19.6 Å². The Morgan fingerprint density at radius 1 is 1.43 bits per heavy atom. The molecule has 0 spiro atoms. The maximum Gasteiger partial charge on any atom is 0.222 e. The second-order valence-electron chi connectivity index (χ2n) is 6.15. The van der Waals surface area contributed by atoms with Gasteiger partial charge in [0, 0.05) is 19.5 Å². The standard InChI is InChI=1S/C18H28N2O/c1-3-20(14-17-7-4-6-15(2)12-17)18(21)10-9-16-8-5-11-19-13-16/h4,6-7,12,16,19H,3,5,8-11,13-14H2,1-2H3. The molecule has 0 aromatic heterocycles. The van der Waals surface area contributed by atoms with Crippen LogP contribution in [0.25, 0.3) is 0 Å². The van der Waals surface area contributed by atoms with Crippen LogP contribution < -0.4 is 5.32 Å². The van der Waals surface area contributed by atoms with Crippen molar-refractivity contribution in [3.8, 4) is 0 Å². The highest BCUT2D eigenvalue weighted by molar-refractivity contribution is 5.76. The topological polar surface area (TPSA) is 32.3 Å². The summed E-state index contributed by atoms with van der Waals surface area (Å²) in [5.74, 6) is 0.977. The third-order valence-electron chi connectivity index (χ3n) is 4.36. The molecule has 21 heavy (non-hydrogen) atoms. The first-order valence-corrected chi connectivity index (χ1v) is 8.23. The molecular formula is C18H28N2O. The van der Waals surface area contributed by atoms with Crippen molar-refractivity contribution in [3.05, 3.63) is 35.4 Å². The molecule has 1 N–H and O–H groups in total. The fraction of sp³-hybridized carbons (Fsp3) is 0.611. The van der Waals surface area contributed by atoms with Crippen molar-refractivity contribution in [1.82, 2.24) is 10.2 Å². The molecule has 1 aliphatic rings. The van der Waals surface area contributed by atoms with E-state index in [4.69, 9.17) is 0 Å². The van der Waals surface area contributed by atoms with Crippen LogP contribution in [0, 0.1) is 12.8 Å². The van der Waals surface area contributed by atoms with Gasteiger partial charge >= 0.3 is 0 Å². The van der Waals surface area contributed by atoms with Crippen LogP contribution in [0.5, 0.6) is 0 Å². The van der Waals surface area contributed by atoms with Crippen LogP contribution >= 0.6 is 0 Å². The summed E-state index contributed by atoms with van der Waals surface area (Å²) in [6.07, 6.45) is 4.23. The predicted octanol–water partition coefficient (Wildman–Crippen LogP) is 3.12. The SMILES string of the molecule is CCN(Cc1cccc(C)c1)C(=O)CCC1CCCNC1. The first-order chi connectivity index (χ1) is 10.2.